The van der Waals surface area contributed by atoms with Crippen LogP contribution in [0.25, 0.3) is 0 Å². The van der Waals surface area contributed by atoms with E-state index in [0.29, 0.717) is 19.3 Å². The molecule has 5 atom stereocenters. The zero-order valence-electron chi connectivity index (χ0n) is 38.7. The molecule has 370 valence electrons. The summed E-state index contributed by atoms with van der Waals surface area (Å²) in [6.07, 6.45) is 41.8. The summed E-state index contributed by atoms with van der Waals surface area (Å²) in [5.74, 6) is -1.06. The number of carbonyl (C=O) groups excluding carboxylic acids is 2. The van der Waals surface area contributed by atoms with Crippen molar-refractivity contribution in [2.75, 3.05) is 39.6 Å². The molecule has 0 aliphatic rings. The van der Waals surface area contributed by atoms with Gasteiger partial charge in [-0.15, -0.1) is 0 Å². The summed E-state index contributed by atoms with van der Waals surface area (Å²) in [5, 5.41) is 30.0. The highest BCUT2D eigenvalue weighted by molar-refractivity contribution is 7.47. The summed E-state index contributed by atoms with van der Waals surface area (Å²) in [5.41, 5.74) is 0. The Kier molecular flexibility index (Phi) is 41.4. The number of hydrogen-bond acceptors (Lipinski definition) is 13. The number of esters is 2. The third-order valence-corrected chi connectivity index (χ3v) is 11.0. The molecule has 0 aliphatic carbocycles. The first-order valence-corrected chi connectivity index (χ1v) is 26.3. The lowest BCUT2D eigenvalue weighted by Gasteiger charge is -2.19. The minimum absolute atomic E-state index is 0.115. The van der Waals surface area contributed by atoms with E-state index in [0.717, 1.165) is 64.2 Å². The molecule has 0 heterocycles. The standard InChI is InChI=1S/C47H82O15P2/c1-3-5-7-9-11-13-15-17-19-20-22-24-26-28-30-32-34-36-47(52)58-38-44(49)40-60-64(55,56)62-42-45(50)41-61-63(53,54)59-39-43(48)37-57-46(51)35-33-31-29-27-25-23-21-18-16-14-12-10-8-6-4-2/h5,7,11,13-14,16-17,19,22,24,28,30,43-45,48-50H,3-4,6,8-10,12,15,18,20-21,23,25-27,29,31-42H2,1-2H3,(H,53,54)(H,55,56)/b7-5-,13-11-,16-14-,19-17-,24-22-,30-28-. The van der Waals surface area contributed by atoms with Crippen LogP contribution in [0.1, 0.15) is 155 Å². The first kappa shape index (κ1) is 61.5. The Morgan fingerprint density at radius 3 is 1.16 bits per heavy atom. The molecule has 0 aromatic rings. The van der Waals surface area contributed by atoms with Crippen molar-refractivity contribution in [2.45, 2.75) is 173 Å². The molecule has 0 radical (unpaired) electrons. The van der Waals surface area contributed by atoms with Gasteiger partial charge in [0.2, 0.25) is 0 Å². The molecule has 0 spiro atoms. The first-order valence-electron chi connectivity index (χ1n) is 23.3. The van der Waals surface area contributed by atoms with Gasteiger partial charge in [-0.25, -0.2) is 9.13 Å². The molecule has 5 N–H and O–H groups in total. The number of rotatable bonds is 44. The van der Waals surface area contributed by atoms with Gasteiger partial charge < -0.3 is 34.6 Å². The van der Waals surface area contributed by atoms with E-state index in [1.54, 1.807) is 0 Å². The molecule has 0 bridgehead atoms. The summed E-state index contributed by atoms with van der Waals surface area (Å²) in [4.78, 5) is 43.7. The van der Waals surface area contributed by atoms with Crippen molar-refractivity contribution in [1.29, 1.82) is 0 Å². The number of unbranched alkanes of at least 4 members (excludes halogenated alkanes) is 12. The van der Waals surface area contributed by atoms with Crippen molar-refractivity contribution in [3.05, 3.63) is 72.9 Å². The second-order valence-electron chi connectivity index (χ2n) is 15.4. The Bertz CT molecular complexity index is 1430. The number of hydrogen-bond donors (Lipinski definition) is 5. The second-order valence-corrected chi connectivity index (χ2v) is 18.3. The molecular formula is C47H82O15P2. The maximum Gasteiger partial charge on any atom is 0.472 e. The first-order chi connectivity index (χ1) is 30.8. The van der Waals surface area contributed by atoms with Gasteiger partial charge in [-0.1, -0.05) is 138 Å². The minimum Gasteiger partial charge on any atom is -0.463 e. The van der Waals surface area contributed by atoms with E-state index in [9.17, 15) is 43.8 Å². The molecule has 0 aromatic heterocycles. The minimum atomic E-state index is -4.80. The van der Waals surface area contributed by atoms with Gasteiger partial charge in [-0.3, -0.25) is 27.7 Å². The molecule has 0 saturated carbocycles. The van der Waals surface area contributed by atoms with E-state index in [4.69, 9.17) is 9.47 Å². The zero-order valence-corrected chi connectivity index (χ0v) is 40.5. The van der Waals surface area contributed by atoms with Crippen molar-refractivity contribution in [1.82, 2.24) is 0 Å². The fraction of sp³-hybridized carbons (Fsp3) is 0.702. The van der Waals surface area contributed by atoms with Crippen molar-refractivity contribution < 1.29 is 71.4 Å². The average molecular weight is 949 g/mol. The predicted molar refractivity (Wildman–Crippen MR) is 251 cm³/mol. The Morgan fingerprint density at radius 1 is 0.422 bits per heavy atom. The topological polar surface area (TPSA) is 225 Å². The summed E-state index contributed by atoms with van der Waals surface area (Å²) in [6.45, 7) is 0.201. The van der Waals surface area contributed by atoms with E-state index < -0.39 is 85.5 Å². The maximum atomic E-state index is 12.1. The fourth-order valence-electron chi connectivity index (χ4n) is 5.54. The van der Waals surface area contributed by atoms with Gasteiger partial charge in [0.05, 0.1) is 26.4 Å². The van der Waals surface area contributed by atoms with E-state index in [2.05, 4.69) is 92.7 Å². The van der Waals surface area contributed by atoms with Gasteiger partial charge in [0.25, 0.3) is 0 Å². The number of aliphatic hydroxyl groups is 3. The summed E-state index contributed by atoms with van der Waals surface area (Å²) >= 11 is 0. The Hall–Kier alpha value is -2.52. The lowest BCUT2D eigenvalue weighted by Crippen LogP contribution is -2.25. The van der Waals surface area contributed by atoms with Crippen molar-refractivity contribution in [3.63, 3.8) is 0 Å². The highest BCUT2D eigenvalue weighted by Crippen LogP contribution is 2.45. The molecule has 0 fully saturated rings. The molecule has 64 heavy (non-hydrogen) atoms. The van der Waals surface area contributed by atoms with Crippen LogP contribution < -0.4 is 0 Å². The van der Waals surface area contributed by atoms with Gasteiger partial charge in [0.1, 0.15) is 31.5 Å². The van der Waals surface area contributed by atoms with Gasteiger partial charge >= 0.3 is 27.6 Å². The molecule has 0 saturated heterocycles. The van der Waals surface area contributed by atoms with Crippen LogP contribution in [-0.4, -0.2) is 95.0 Å². The largest absolute Gasteiger partial charge is 0.472 e. The SMILES string of the molecule is CC/C=C\C/C=C\C/C=C\C/C=C\C/C=C\CCCC(=O)OCC(O)COP(=O)(O)OCC(O)COP(=O)(O)OCC(O)COC(=O)CCCCCCCCC/C=C\CCCCCC. The van der Waals surface area contributed by atoms with Gasteiger partial charge in [-0.2, -0.15) is 0 Å². The molecule has 5 unspecified atom stereocenters. The predicted octanol–water partition coefficient (Wildman–Crippen LogP) is 10.4. The molecule has 17 heteroatoms. The molecule has 0 aromatic carbocycles. The Morgan fingerprint density at radius 2 is 0.734 bits per heavy atom. The van der Waals surface area contributed by atoms with Crippen molar-refractivity contribution >= 4 is 27.6 Å². The van der Waals surface area contributed by atoms with E-state index >= 15 is 0 Å². The second kappa shape index (κ2) is 43.1. The molecule has 15 nitrogen and oxygen atoms in total. The molecule has 0 amide bonds. The zero-order chi connectivity index (χ0) is 47.4. The summed E-state index contributed by atoms with van der Waals surface area (Å²) < 4.78 is 52.9. The third kappa shape index (κ3) is 44.7. The normalized spacial score (nSPS) is 15.8. The fourth-order valence-corrected chi connectivity index (χ4v) is 7.13. The number of carbonyl (C=O) groups is 2. The summed E-state index contributed by atoms with van der Waals surface area (Å²) in [6, 6.07) is 0. The molecular weight excluding hydrogens is 866 g/mol. The monoisotopic (exact) mass is 949 g/mol. The highest BCUT2D eigenvalue weighted by Gasteiger charge is 2.28. The third-order valence-electron chi connectivity index (χ3n) is 9.15. The van der Waals surface area contributed by atoms with E-state index in [-0.39, 0.29) is 12.8 Å². The Labute approximate surface area is 383 Å². The number of phosphoric ester groups is 2. The van der Waals surface area contributed by atoms with Crippen molar-refractivity contribution in [2.24, 2.45) is 0 Å². The van der Waals surface area contributed by atoms with Gasteiger partial charge in [-0.05, 0) is 77.0 Å². The van der Waals surface area contributed by atoms with Crippen LogP contribution in [0, 0.1) is 0 Å². The van der Waals surface area contributed by atoms with Crippen LogP contribution in [0.2, 0.25) is 0 Å². The van der Waals surface area contributed by atoms with Crippen molar-refractivity contribution in [3.8, 4) is 0 Å². The van der Waals surface area contributed by atoms with Crippen LogP contribution in [0.4, 0.5) is 0 Å². The number of ether oxygens (including phenoxy) is 2. The highest BCUT2D eigenvalue weighted by atomic mass is 31.2. The van der Waals surface area contributed by atoms with Crippen LogP contribution in [0.5, 0.6) is 0 Å². The average Bonchev–Trinajstić information content (AvgIpc) is 3.27. The maximum absolute atomic E-state index is 12.1. The van der Waals surface area contributed by atoms with Gasteiger partial charge in [0.15, 0.2) is 0 Å². The van der Waals surface area contributed by atoms with E-state index in [1.165, 1.54) is 44.9 Å². The summed E-state index contributed by atoms with van der Waals surface area (Å²) in [7, 11) is -9.59. The van der Waals surface area contributed by atoms with Crippen LogP contribution >= 0.6 is 15.6 Å². The smallest absolute Gasteiger partial charge is 0.463 e. The van der Waals surface area contributed by atoms with E-state index in [1.807, 2.05) is 12.2 Å². The number of aliphatic hydroxyl groups excluding tert-OH is 3. The van der Waals surface area contributed by atoms with Crippen LogP contribution in [-0.2, 0) is 46.3 Å². The molecule has 0 aliphatic heterocycles. The lowest BCUT2D eigenvalue weighted by molar-refractivity contribution is -0.148. The molecule has 0 rings (SSSR count). The lowest BCUT2D eigenvalue weighted by atomic mass is 10.1. The number of phosphoric acid groups is 2. The van der Waals surface area contributed by atoms with Crippen LogP contribution in [0.15, 0.2) is 72.9 Å². The van der Waals surface area contributed by atoms with Gasteiger partial charge in [0, 0.05) is 12.8 Å². The quantitative estimate of drug-likeness (QED) is 0.0166. The number of allylic oxidation sites excluding steroid dienone is 12. The van der Waals surface area contributed by atoms with Crippen LogP contribution in [0.3, 0.4) is 0 Å². The Balaban J connectivity index is 3.97.